The SMILES string of the molecule is O=C(Nc1ccc(NS(=O)(=O)c2ccc3c(c2)OCCCO3)cc1)c1cc(F)cc(F)c1. The minimum absolute atomic E-state index is 0.00672. The number of rotatable bonds is 5. The number of ether oxygens (including phenoxy) is 2. The number of hydrogen-bond acceptors (Lipinski definition) is 5. The van der Waals surface area contributed by atoms with Gasteiger partial charge in [0.05, 0.1) is 18.1 Å². The Hall–Kier alpha value is -3.66. The van der Waals surface area contributed by atoms with Gasteiger partial charge in [-0.25, -0.2) is 17.2 Å². The van der Waals surface area contributed by atoms with Crippen LogP contribution in [0, 0.1) is 11.6 Å². The van der Waals surface area contributed by atoms with Crippen molar-refractivity contribution in [1.29, 1.82) is 0 Å². The normalized spacial score (nSPS) is 13.2. The number of hydrogen-bond donors (Lipinski definition) is 2. The molecule has 7 nitrogen and oxygen atoms in total. The van der Waals surface area contributed by atoms with Crippen molar-refractivity contribution in [3.05, 3.63) is 77.9 Å². The lowest BCUT2D eigenvalue weighted by atomic mass is 10.2. The Morgan fingerprint density at radius 2 is 1.44 bits per heavy atom. The van der Waals surface area contributed by atoms with E-state index >= 15 is 0 Å². The summed E-state index contributed by atoms with van der Waals surface area (Å²) in [4.78, 5) is 12.2. The molecule has 0 bridgehead atoms. The van der Waals surface area contributed by atoms with Crippen LogP contribution in [0.5, 0.6) is 11.5 Å². The van der Waals surface area contributed by atoms with Gasteiger partial charge >= 0.3 is 0 Å². The maximum absolute atomic E-state index is 13.3. The number of nitrogens with one attached hydrogen (secondary N) is 2. The van der Waals surface area contributed by atoms with E-state index in [1.807, 2.05) is 0 Å². The molecular formula is C22H18F2N2O5S. The van der Waals surface area contributed by atoms with E-state index in [1.165, 1.54) is 36.4 Å². The van der Waals surface area contributed by atoms with Crippen LogP contribution in [0.2, 0.25) is 0 Å². The summed E-state index contributed by atoms with van der Waals surface area (Å²) < 4.78 is 65.5. The monoisotopic (exact) mass is 460 g/mol. The van der Waals surface area contributed by atoms with Crippen molar-refractivity contribution in [3.63, 3.8) is 0 Å². The van der Waals surface area contributed by atoms with E-state index in [-0.39, 0.29) is 16.1 Å². The molecule has 0 unspecified atom stereocenters. The predicted octanol–water partition coefficient (Wildman–Crippen LogP) is 4.18. The molecule has 10 heteroatoms. The third-order valence-electron chi connectivity index (χ3n) is 4.55. The average molecular weight is 460 g/mol. The minimum atomic E-state index is -3.90. The minimum Gasteiger partial charge on any atom is -0.490 e. The molecule has 32 heavy (non-hydrogen) atoms. The zero-order valence-electron chi connectivity index (χ0n) is 16.6. The third-order valence-corrected chi connectivity index (χ3v) is 5.93. The highest BCUT2D eigenvalue weighted by Crippen LogP contribution is 2.32. The van der Waals surface area contributed by atoms with Crippen molar-refractivity contribution in [2.45, 2.75) is 11.3 Å². The highest BCUT2D eigenvalue weighted by atomic mass is 32.2. The number of amides is 1. The molecule has 3 aromatic rings. The second-order valence-electron chi connectivity index (χ2n) is 6.95. The van der Waals surface area contributed by atoms with Gasteiger partial charge in [0.25, 0.3) is 15.9 Å². The smallest absolute Gasteiger partial charge is 0.262 e. The molecule has 4 rings (SSSR count). The zero-order valence-corrected chi connectivity index (χ0v) is 17.4. The summed E-state index contributed by atoms with van der Waals surface area (Å²) in [7, 11) is -3.90. The van der Waals surface area contributed by atoms with Crippen molar-refractivity contribution in [3.8, 4) is 11.5 Å². The average Bonchev–Trinajstić information content (AvgIpc) is 2.99. The molecular weight excluding hydrogens is 442 g/mol. The number of benzene rings is 3. The molecule has 0 saturated carbocycles. The van der Waals surface area contributed by atoms with Crippen LogP contribution < -0.4 is 19.5 Å². The van der Waals surface area contributed by atoms with Gasteiger partial charge in [-0.3, -0.25) is 9.52 Å². The summed E-state index contributed by atoms with van der Waals surface area (Å²) in [5, 5.41) is 2.49. The van der Waals surface area contributed by atoms with Crippen LogP contribution in [-0.2, 0) is 10.0 Å². The third kappa shape index (κ3) is 4.97. The molecule has 0 saturated heterocycles. The van der Waals surface area contributed by atoms with E-state index in [0.29, 0.717) is 42.9 Å². The van der Waals surface area contributed by atoms with Gasteiger partial charge in [-0.1, -0.05) is 0 Å². The maximum Gasteiger partial charge on any atom is 0.262 e. The fourth-order valence-corrected chi connectivity index (χ4v) is 4.11. The molecule has 0 radical (unpaired) electrons. The molecule has 2 N–H and O–H groups in total. The van der Waals surface area contributed by atoms with Gasteiger partial charge in [0.15, 0.2) is 11.5 Å². The summed E-state index contributed by atoms with van der Waals surface area (Å²) >= 11 is 0. The molecule has 166 valence electrons. The first-order chi connectivity index (χ1) is 15.3. The molecule has 0 aromatic heterocycles. The molecule has 0 fully saturated rings. The standard InChI is InChI=1S/C22H18F2N2O5S/c23-15-10-14(11-16(24)12-15)22(27)25-17-2-4-18(5-3-17)26-32(28,29)19-6-7-20-21(13-19)31-9-1-8-30-20/h2-7,10-13,26H,1,8-9H2,(H,25,27). The van der Waals surface area contributed by atoms with E-state index in [2.05, 4.69) is 10.0 Å². The van der Waals surface area contributed by atoms with Crippen LogP contribution in [0.1, 0.15) is 16.8 Å². The number of anilines is 2. The van der Waals surface area contributed by atoms with E-state index in [4.69, 9.17) is 9.47 Å². The Balaban J connectivity index is 1.46. The Morgan fingerprint density at radius 3 is 2.12 bits per heavy atom. The molecule has 1 heterocycles. The van der Waals surface area contributed by atoms with Crippen molar-refractivity contribution in [1.82, 2.24) is 0 Å². The molecule has 3 aromatic carbocycles. The summed E-state index contributed by atoms with van der Waals surface area (Å²) in [6, 6.07) is 12.7. The second-order valence-corrected chi connectivity index (χ2v) is 8.64. The van der Waals surface area contributed by atoms with Crippen LogP contribution in [0.3, 0.4) is 0 Å². The van der Waals surface area contributed by atoms with Crippen LogP contribution in [-0.4, -0.2) is 27.5 Å². The number of carbonyl (C=O) groups is 1. The summed E-state index contributed by atoms with van der Waals surface area (Å²) in [6.07, 6.45) is 0.700. The Bertz CT molecular complexity index is 1240. The lowest BCUT2D eigenvalue weighted by molar-refractivity contribution is 0.102. The summed E-state index contributed by atoms with van der Waals surface area (Å²) in [5.41, 5.74) is 0.395. The van der Waals surface area contributed by atoms with Crippen molar-refractivity contribution in [2.24, 2.45) is 0 Å². The highest BCUT2D eigenvalue weighted by molar-refractivity contribution is 7.92. The predicted molar refractivity (Wildman–Crippen MR) is 114 cm³/mol. The Kier molecular flexibility index (Phi) is 5.95. The van der Waals surface area contributed by atoms with Crippen LogP contribution in [0.4, 0.5) is 20.2 Å². The lowest BCUT2D eigenvalue weighted by Gasteiger charge is -2.12. The molecule has 1 amide bonds. The van der Waals surface area contributed by atoms with Gasteiger partial charge in [0, 0.05) is 35.5 Å². The fraction of sp³-hybridized carbons (Fsp3) is 0.136. The van der Waals surface area contributed by atoms with Gasteiger partial charge in [-0.05, 0) is 48.5 Å². The quantitative estimate of drug-likeness (QED) is 0.596. The van der Waals surface area contributed by atoms with Crippen molar-refractivity contribution >= 4 is 27.3 Å². The first-order valence-corrected chi connectivity index (χ1v) is 11.1. The largest absolute Gasteiger partial charge is 0.490 e. The van der Waals surface area contributed by atoms with E-state index in [0.717, 1.165) is 12.1 Å². The zero-order chi connectivity index (χ0) is 22.7. The second kappa shape index (κ2) is 8.83. The molecule has 0 atom stereocenters. The number of carbonyl (C=O) groups excluding carboxylic acids is 1. The lowest BCUT2D eigenvalue weighted by Crippen LogP contribution is -2.14. The Labute approximate surface area is 183 Å². The number of halogens is 2. The molecule has 0 aliphatic carbocycles. The molecule has 0 spiro atoms. The van der Waals surface area contributed by atoms with Crippen LogP contribution in [0.15, 0.2) is 65.6 Å². The Morgan fingerprint density at radius 1 is 0.812 bits per heavy atom. The van der Waals surface area contributed by atoms with Crippen molar-refractivity contribution in [2.75, 3.05) is 23.3 Å². The van der Waals surface area contributed by atoms with Crippen LogP contribution in [0.25, 0.3) is 0 Å². The maximum atomic E-state index is 13.3. The van der Waals surface area contributed by atoms with E-state index in [9.17, 15) is 22.0 Å². The van der Waals surface area contributed by atoms with Gasteiger partial charge in [0.2, 0.25) is 0 Å². The van der Waals surface area contributed by atoms with Gasteiger partial charge in [-0.2, -0.15) is 0 Å². The first-order valence-electron chi connectivity index (χ1n) is 9.60. The topological polar surface area (TPSA) is 93.7 Å². The van der Waals surface area contributed by atoms with E-state index in [1.54, 1.807) is 6.07 Å². The highest BCUT2D eigenvalue weighted by Gasteiger charge is 2.19. The van der Waals surface area contributed by atoms with Gasteiger partial charge < -0.3 is 14.8 Å². The van der Waals surface area contributed by atoms with Crippen LogP contribution >= 0.6 is 0 Å². The van der Waals surface area contributed by atoms with Crippen molar-refractivity contribution < 1.29 is 31.5 Å². The number of sulfonamides is 1. The number of fused-ring (bicyclic) bond motifs is 1. The van der Waals surface area contributed by atoms with Gasteiger partial charge in [-0.15, -0.1) is 0 Å². The summed E-state index contributed by atoms with van der Waals surface area (Å²) in [5.74, 6) is -1.59. The fourth-order valence-electron chi connectivity index (χ4n) is 3.03. The molecule has 1 aliphatic heterocycles. The molecule has 1 aliphatic rings. The van der Waals surface area contributed by atoms with Gasteiger partial charge in [0.1, 0.15) is 11.6 Å². The van der Waals surface area contributed by atoms with E-state index < -0.39 is 27.6 Å². The first kappa shape index (κ1) is 21.6. The summed E-state index contributed by atoms with van der Waals surface area (Å²) in [6.45, 7) is 0.924.